The smallest absolute Gasteiger partial charge is 0.248 e. The van der Waals surface area contributed by atoms with E-state index in [-0.39, 0.29) is 5.91 Å². The number of primary amides is 1. The molecule has 0 saturated carbocycles. The molecule has 0 aliphatic carbocycles. The van der Waals surface area contributed by atoms with Crippen LogP contribution in [-0.2, 0) is 11.4 Å². The summed E-state index contributed by atoms with van der Waals surface area (Å²) in [6.07, 6.45) is 0. The number of anilines is 2. The molecule has 29 heavy (non-hydrogen) atoms. The molecule has 2 amide bonds. The molecule has 0 unspecified atom stereocenters. The first kappa shape index (κ1) is 19.9. The van der Waals surface area contributed by atoms with Crippen LogP contribution in [0.3, 0.4) is 0 Å². The number of carbonyl (C=O) groups is 2. The van der Waals surface area contributed by atoms with Crippen molar-refractivity contribution in [3.8, 4) is 5.75 Å². The van der Waals surface area contributed by atoms with Gasteiger partial charge in [-0.1, -0.05) is 30.3 Å². The van der Waals surface area contributed by atoms with E-state index in [4.69, 9.17) is 10.5 Å². The minimum absolute atomic E-state index is 0.179. The molecular formula is C23H23N3O3. The van der Waals surface area contributed by atoms with Crippen LogP contribution in [0.4, 0.5) is 11.4 Å². The van der Waals surface area contributed by atoms with Crippen LogP contribution in [0.5, 0.6) is 5.75 Å². The number of benzene rings is 3. The predicted octanol–water partition coefficient (Wildman–Crippen LogP) is 3.80. The summed E-state index contributed by atoms with van der Waals surface area (Å²) < 4.78 is 5.75. The third kappa shape index (κ3) is 5.84. The van der Waals surface area contributed by atoms with E-state index in [0.717, 1.165) is 17.0 Å². The number of ether oxygens (including phenoxy) is 1. The third-order valence-electron chi connectivity index (χ3n) is 4.32. The molecule has 3 aromatic carbocycles. The van der Waals surface area contributed by atoms with Crippen molar-refractivity contribution >= 4 is 23.2 Å². The summed E-state index contributed by atoms with van der Waals surface area (Å²) >= 11 is 0. The van der Waals surface area contributed by atoms with Gasteiger partial charge in [-0.3, -0.25) is 9.59 Å². The number of carbonyl (C=O) groups excluding carboxylic acids is 2. The lowest BCUT2D eigenvalue weighted by molar-refractivity contribution is -0.116. The van der Waals surface area contributed by atoms with Crippen molar-refractivity contribution in [1.29, 1.82) is 0 Å². The molecule has 6 heteroatoms. The maximum atomic E-state index is 12.4. The fraction of sp³-hybridized carbons (Fsp3) is 0.130. The van der Waals surface area contributed by atoms with E-state index in [9.17, 15) is 9.59 Å². The Morgan fingerprint density at radius 1 is 0.897 bits per heavy atom. The zero-order valence-corrected chi connectivity index (χ0v) is 16.1. The van der Waals surface area contributed by atoms with Gasteiger partial charge in [0.15, 0.2) is 0 Å². The van der Waals surface area contributed by atoms with Gasteiger partial charge in [-0.25, -0.2) is 0 Å². The number of hydrogen-bond donors (Lipinski definition) is 3. The Labute approximate surface area is 169 Å². The lowest BCUT2D eigenvalue weighted by atomic mass is 10.2. The molecule has 148 valence electrons. The first-order valence-corrected chi connectivity index (χ1v) is 9.25. The Balaban J connectivity index is 1.51. The van der Waals surface area contributed by atoms with Gasteiger partial charge >= 0.3 is 0 Å². The van der Waals surface area contributed by atoms with Gasteiger partial charge in [-0.05, 0) is 61.0 Å². The minimum Gasteiger partial charge on any atom is -0.489 e. The summed E-state index contributed by atoms with van der Waals surface area (Å²) in [5.41, 5.74) is 8.14. The largest absolute Gasteiger partial charge is 0.489 e. The van der Waals surface area contributed by atoms with Crippen molar-refractivity contribution in [2.45, 2.75) is 19.6 Å². The fourth-order valence-electron chi connectivity index (χ4n) is 2.67. The van der Waals surface area contributed by atoms with Gasteiger partial charge in [0.2, 0.25) is 11.8 Å². The van der Waals surface area contributed by atoms with Crippen LogP contribution in [0.25, 0.3) is 0 Å². The van der Waals surface area contributed by atoms with Gasteiger partial charge in [0.1, 0.15) is 18.4 Å². The summed E-state index contributed by atoms with van der Waals surface area (Å²) in [5.74, 6) is 0.0630. The molecular weight excluding hydrogens is 366 g/mol. The quantitative estimate of drug-likeness (QED) is 0.546. The highest BCUT2D eigenvalue weighted by atomic mass is 16.5. The zero-order valence-electron chi connectivity index (χ0n) is 16.1. The summed E-state index contributed by atoms with van der Waals surface area (Å²) in [4.78, 5) is 23.5. The van der Waals surface area contributed by atoms with Crippen LogP contribution in [0.1, 0.15) is 22.8 Å². The highest BCUT2D eigenvalue weighted by Gasteiger charge is 2.13. The molecule has 0 spiro atoms. The van der Waals surface area contributed by atoms with E-state index < -0.39 is 11.9 Å². The molecule has 0 heterocycles. The molecule has 0 saturated heterocycles. The van der Waals surface area contributed by atoms with Gasteiger partial charge in [0.05, 0.1) is 0 Å². The van der Waals surface area contributed by atoms with E-state index in [1.165, 1.54) is 0 Å². The Hall–Kier alpha value is -3.80. The highest BCUT2D eigenvalue weighted by Crippen LogP contribution is 2.18. The molecule has 6 nitrogen and oxygen atoms in total. The van der Waals surface area contributed by atoms with Crippen molar-refractivity contribution in [3.63, 3.8) is 0 Å². The first-order valence-electron chi connectivity index (χ1n) is 9.25. The second kappa shape index (κ2) is 9.41. The second-order valence-corrected chi connectivity index (χ2v) is 6.60. The van der Waals surface area contributed by atoms with Gasteiger partial charge in [-0.2, -0.15) is 0 Å². The number of nitrogens with two attached hydrogens (primary N) is 1. The average Bonchev–Trinajstić information content (AvgIpc) is 2.74. The zero-order chi connectivity index (χ0) is 20.6. The average molecular weight is 389 g/mol. The van der Waals surface area contributed by atoms with E-state index in [0.29, 0.717) is 17.9 Å². The van der Waals surface area contributed by atoms with Crippen molar-refractivity contribution in [3.05, 3.63) is 90.0 Å². The minimum atomic E-state index is -0.487. The third-order valence-corrected chi connectivity index (χ3v) is 4.32. The van der Waals surface area contributed by atoms with Crippen LogP contribution in [0.2, 0.25) is 0 Å². The van der Waals surface area contributed by atoms with E-state index in [2.05, 4.69) is 10.6 Å². The van der Waals surface area contributed by atoms with Gasteiger partial charge in [-0.15, -0.1) is 0 Å². The molecule has 4 N–H and O–H groups in total. The van der Waals surface area contributed by atoms with Crippen molar-refractivity contribution in [1.82, 2.24) is 0 Å². The Kier molecular flexibility index (Phi) is 6.47. The lowest BCUT2D eigenvalue weighted by Crippen LogP contribution is -2.31. The standard InChI is InChI=1S/C23H23N3O3/c1-16(25-19-9-7-18(8-10-19)22(24)27)23(28)26-20-11-13-21(14-12-20)29-15-17-5-3-2-4-6-17/h2-14,16,25H,15H2,1H3,(H2,24,27)(H,26,28)/t16-/m1/s1. The van der Waals surface area contributed by atoms with E-state index >= 15 is 0 Å². The van der Waals surface area contributed by atoms with E-state index in [1.54, 1.807) is 43.3 Å². The topological polar surface area (TPSA) is 93.5 Å². The molecule has 0 bridgehead atoms. The molecule has 0 aromatic heterocycles. The van der Waals surface area contributed by atoms with Crippen LogP contribution < -0.4 is 21.1 Å². The number of amides is 2. The molecule has 3 rings (SSSR count). The molecule has 1 atom stereocenters. The molecule has 3 aromatic rings. The van der Waals surface area contributed by atoms with Crippen molar-refractivity contribution < 1.29 is 14.3 Å². The first-order chi connectivity index (χ1) is 14.0. The number of rotatable bonds is 8. The maximum absolute atomic E-state index is 12.4. The molecule has 0 aliphatic rings. The summed E-state index contributed by atoms with van der Waals surface area (Å²) in [6.45, 7) is 2.25. The maximum Gasteiger partial charge on any atom is 0.248 e. The summed E-state index contributed by atoms with van der Waals surface area (Å²) in [5, 5.41) is 5.95. The Morgan fingerprint density at radius 3 is 2.14 bits per heavy atom. The van der Waals surface area contributed by atoms with Crippen molar-refractivity contribution in [2.24, 2.45) is 5.73 Å². The van der Waals surface area contributed by atoms with Gasteiger partial charge < -0.3 is 21.1 Å². The van der Waals surface area contributed by atoms with Crippen LogP contribution in [0.15, 0.2) is 78.9 Å². The highest BCUT2D eigenvalue weighted by molar-refractivity contribution is 5.96. The van der Waals surface area contributed by atoms with E-state index in [1.807, 2.05) is 42.5 Å². The molecule has 0 aliphatic heterocycles. The SMILES string of the molecule is C[C@@H](Nc1ccc(C(N)=O)cc1)C(=O)Nc1ccc(OCc2ccccc2)cc1. The summed E-state index contributed by atoms with van der Waals surface area (Å²) in [6, 6.07) is 23.3. The van der Waals surface area contributed by atoms with Gasteiger partial charge in [0.25, 0.3) is 0 Å². The van der Waals surface area contributed by atoms with Crippen molar-refractivity contribution in [2.75, 3.05) is 10.6 Å². The second-order valence-electron chi connectivity index (χ2n) is 6.60. The van der Waals surface area contributed by atoms with Crippen LogP contribution >= 0.6 is 0 Å². The Bertz CT molecular complexity index is 955. The monoisotopic (exact) mass is 389 g/mol. The number of hydrogen-bond acceptors (Lipinski definition) is 4. The summed E-state index contributed by atoms with van der Waals surface area (Å²) in [7, 11) is 0. The molecule has 0 fully saturated rings. The van der Waals surface area contributed by atoms with Gasteiger partial charge in [0, 0.05) is 16.9 Å². The predicted molar refractivity (Wildman–Crippen MR) is 114 cm³/mol. The number of nitrogens with one attached hydrogen (secondary N) is 2. The Morgan fingerprint density at radius 2 is 1.52 bits per heavy atom. The normalized spacial score (nSPS) is 11.3. The molecule has 0 radical (unpaired) electrons. The fourth-order valence-corrected chi connectivity index (χ4v) is 2.67. The van der Waals surface area contributed by atoms with Crippen LogP contribution in [-0.4, -0.2) is 17.9 Å². The lowest BCUT2D eigenvalue weighted by Gasteiger charge is -2.16. The van der Waals surface area contributed by atoms with Crippen LogP contribution in [0, 0.1) is 0 Å².